The number of aromatic nitrogens is 1. The van der Waals surface area contributed by atoms with Gasteiger partial charge in [-0.3, -0.25) is 0 Å². The van der Waals surface area contributed by atoms with E-state index in [1.807, 2.05) is 0 Å². The fourth-order valence-corrected chi connectivity index (χ4v) is 1.75. The fraction of sp³-hybridized carbons (Fsp3) is 0.375. The van der Waals surface area contributed by atoms with Crippen LogP contribution in [0.25, 0.3) is 0 Å². The van der Waals surface area contributed by atoms with Crippen LogP contribution in [0.15, 0.2) is 6.07 Å². The lowest BCUT2D eigenvalue weighted by Gasteiger charge is -2.02. The Morgan fingerprint density at radius 3 is 2.62 bits per heavy atom. The summed E-state index contributed by atoms with van der Waals surface area (Å²) < 4.78 is 13.0. The Labute approximate surface area is 84.9 Å². The van der Waals surface area contributed by atoms with E-state index in [0.717, 1.165) is 6.42 Å². The zero-order valence-electron chi connectivity index (χ0n) is 6.60. The van der Waals surface area contributed by atoms with Crippen molar-refractivity contribution >= 4 is 23.2 Å². The lowest BCUT2D eigenvalue weighted by atomic mass is 10.2. The zero-order valence-corrected chi connectivity index (χ0v) is 8.11. The van der Waals surface area contributed by atoms with E-state index in [1.54, 1.807) is 0 Å². The molecule has 0 bridgehead atoms. The average molecular weight is 221 g/mol. The number of hydrogen-bond donors (Lipinski definition) is 1. The third-order valence-electron chi connectivity index (χ3n) is 2.15. The van der Waals surface area contributed by atoms with Crippen LogP contribution in [0.2, 0.25) is 10.3 Å². The normalized spacial score (nSPS) is 26.2. The molecule has 0 amide bonds. The lowest BCUT2D eigenvalue weighted by Crippen LogP contribution is -2.02. The summed E-state index contributed by atoms with van der Waals surface area (Å²) in [7, 11) is 0. The molecule has 2 atom stereocenters. The van der Waals surface area contributed by atoms with Crippen molar-refractivity contribution < 1.29 is 4.39 Å². The van der Waals surface area contributed by atoms with Gasteiger partial charge < -0.3 is 5.73 Å². The molecule has 1 aliphatic carbocycles. The van der Waals surface area contributed by atoms with Gasteiger partial charge in [-0.25, -0.2) is 9.37 Å². The van der Waals surface area contributed by atoms with Gasteiger partial charge in [0.1, 0.15) is 5.15 Å². The van der Waals surface area contributed by atoms with Crippen molar-refractivity contribution in [3.05, 3.63) is 27.8 Å². The molecule has 13 heavy (non-hydrogen) atoms. The molecular weight excluding hydrogens is 214 g/mol. The van der Waals surface area contributed by atoms with Gasteiger partial charge in [0, 0.05) is 12.0 Å². The van der Waals surface area contributed by atoms with Gasteiger partial charge in [-0.05, 0) is 18.1 Å². The van der Waals surface area contributed by atoms with Crippen molar-refractivity contribution in [2.24, 2.45) is 5.73 Å². The Hall–Kier alpha value is -0.380. The zero-order chi connectivity index (χ0) is 9.59. The smallest absolute Gasteiger partial charge is 0.166 e. The second-order valence-electron chi connectivity index (χ2n) is 3.15. The molecule has 0 saturated heterocycles. The molecule has 2 nitrogen and oxygen atoms in total. The van der Waals surface area contributed by atoms with E-state index in [4.69, 9.17) is 28.9 Å². The molecule has 0 radical (unpaired) electrons. The van der Waals surface area contributed by atoms with Crippen LogP contribution in [0.1, 0.15) is 17.9 Å². The topological polar surface area (TPSA) is 38.9 Å². The Morgan fingerprint density at radius 2 is 2.08 bits per heavy atom. The van der Waals surface area contributed by atoms with E-state index in [0.29, 0.717) is 5.56 Å². The van der Waals surface area contributed by atoms with Crippen molar-refractivity contribution in [2.45, 2.75) is 18.4 Å². The van der Waals surface area contributed by atoms with Gasteiger partial charge in [-0.15, -0.1) is 0 Å². The van der Waals surface area contributed by atoms with Crippen molar-refractivity contribution in [2.75, 3.05) is 0 Å². The Kier molecular flexibility index (Phi) is 2.18. The molecule has 1 aromatic rings. The maximum absolute atomic E-state index is 13.0. The summed E-state index contributed by atoms with van der Waals surface area (Å²) in [6.45, 7) is 0. The summed E-state index contributed by atoms with van der Waals surface area (Å²) in [4.78, 5) is 3.67. The highest BCUT2D eigenvalue weighted by Gasteiger charge is 2.37. The molecule has 2 N–H and O–H groups in total. The molecule has 1 aliphatic rings. The van der Waals surface area contributed by atoms with Crippen molar-refractivity contribution in [1.82, 2.24) is 4.98 Å². The first kappa shape index (κ1) is 9.19. The van der Waals surface area contributed by atoms with E-state index in [2.05, 4.69) is 4.98 Å². The van der Waals surface area contributed by atoms with Crippen LogP contribution in [0, 0.1) is 5.82 Å². The highest BCUT2D eigenvalue weighted by Crippen LogP contribution is 2.42. The molecule has 1 saturated carbocycles. The lowest BCUT2D eigenvalue weighted by molar-refractivity contribution is 0.619. The third kappa shape index (κ3) is 1.64. The standard InChI is InChI=1S/C8H7Cl2FN2/c9-7-4(3-2-6(3)12)1-5(11)8(10)13-7/h1,3,6H,2,12H2/t3-,6+/m0/s1. The molecule has 5 heteroatoms. The van der Waals surface area contributed by atoms with Gasteiger partial charge in [0.2, 0.25) is 0 Å². The number of hydrogen-bond acceptors (Lipinski definition) is 2. The van der Waals surface area contributed by atoms with Crippen LogP contribution in [0.5, 0.6) is 0 Å². The third-order valence-corrected chi connectivity index (χ3v) is 2.72. The van der Waals surface area contributed by atoms with Gasteiger partial charge in [0.15, 0.2) is 11.0 Å². The van der Waals surface area contributed by atoms with Crippen LogP contribution in [-0.2, 0) is 0 Å². The first-order valence-electron chi connectivity index (χ1n) is 3.86. The average Bonchev–Trinajstić information content (AvgIpc) is 2.75. The van der Waals surface area contributed by atoms with E-state index in [-0.39, 0.29) is 22.3 Å². The largest absolute Gasteiger partial charge is 0.327 e. The minimum absolute atomic E-state index is 0.0832. The molecule has 70 valence electrons. The number of rotatable bonds is 1. The van der Waals surface area contributed by atoms with Crippen LogP contribution < -0.4 is 5.73 Å². The highest BCUT2D eigenvalue weighted by atomic mass is 35.5. The molecule has 1 heterocycles. The van der Waals surface area contributed by atoms with E-state index < -0.39 is 5.82 Å². The summed E-state index contributed by atoms with van der Waals surface area (Å²) in [5.41, 5.74) is 6.28. The number of pyridine rings is 1. The molecule has 1 aromatic heterocycles. The summed E-state index contributed by atoms with van der Waals surface area (Å²) in [5, 5.41) is 0.0623. The van der Waals surface area contributed by atoms with Crippen LogP contribution in [0.4, 0.5) is 4.39 Å². The minimum Gasteiger partial charge on any atom is -0.327 e. The second-order valence-corrected chi connectivity index (χ2v) is 3.86. The van der Waals surface area contributed by atoms with Gasteiger partial charge >= 0.3 is 0 Å². The Balaban J connectivity index is 2.41. The van der Waals surface area contributed by atoms with Crippen LogP contribution in [0.3, 0.4) is 0 Å². The quantitative estimate of drug-likeness (QED) is 0.739. The van der Waals surface area contributed by atoms with Crippen molar-refractivity contribution in [1.29, 1.82) is 0 Å². The highest BCUT2D eigenvalue weighted by molar-refractivity contribution is 6.33. The van der Waals surface area contributed by atoms with Crippen molar-refractivity contribution in [3.8, 4) is 0 Å². The maximum atomic E-state index is 13.0. The molecule has 0 aromatic carbocycles. The van der Waals surface area contributed by atoms with Gasteiger partial charge in [0.25, 0.3) is 0 Å². The maximum Gasteiger partial charge on any atom is 0.166 e. The van der Waals surface area contributed by atoms with Crippen LogP contribution in [-0.4, -0.2) is 11.0 Å². The Morgan fingerprint density at radius 1 is 1.46 bits per heavy atom. The second kappa shape index (κ2) is 3.08. The van der Waals surface area contributed by atoms with Gasteiger partial charge in [0.05, 0.1) is 0 Å². The first-order chi connectivity index (χ1) is 6.09. The summed E-state index contributed by atoms with van der Waals surface area (Å²) in [6, 6.07) is 1.40. The summed E-state index contributed by atoms with van der Waals surface area (Å²) in [6.07, 6.45) is 0.836. The molecule has 0 unspecified atom stereocenters. The van der Waals surface area contributed by atoms with Gasteiger partial charge in [-0.1, -0.05) is 23.2 Å². The van der Waals surface area contributed by atoms with Gasteiger partial charge in [-0.2, -0.15) is 0 Å². The fourth-order valence-electron chi connectivity index (χ4n) is 1.29. The van der Waals surface area contributed by atoms with E-state index >= 15 is 0 Å². The number of nitrogens with zero attached hydrogens (tertiary/aromatic N) is 1. The number of nitrogens with two attached hydrogens (primary N) is 1. The summed E-state index contributed by atoms with van der Waals surface area (Å²) in [5.74, 6) is -0.396. The van der Waals surface area contributed by atoms with E-state index in [1.165, 1.54) is 6.07 Å². The molecule has 2 rings (SSSR count). The monoisotopic (exact) mass is 220 g/mol. The predicted molar refractivity (Wildman–Crippen MR) is 49.5 cm³/mol. The van der Waals surface area contributed by atoms with E-state index in [9.17, 15) is 4.39 Å². The molecule has 0 spiro atoms. The molecule has 1 fully saturated rings. The molecule has 0 aliphatic heterocycles. The Bertz CT molecular complexity index is 356. The van der Waals surface area contributed by atoms with Crippen molar-refractivity contribution in [3.63, 3.8) is 0 Å². The number of halogens is 3. The molecular formula is C8H7Cl2FN2. The summed E-state index contributed by atoms with van der Waals surface area (Å²) >= 11 is 11.2. The first-order valence-corrected chi connectivity index (χ1v) is 4.62. The predicted octanol–water partition coefficient (Wildman–Crippen LogP) is 2.34. The SMILES string of the molecule is N[C@@H]1C[C@H]1c1cc(F)c(Cl)nc1Cl. The van der Waals surface area contributed by atoms with Crippen LogP contribution >= 0.6 is 23.2 Å². The minimum atomic E-state index is -0.542.